The van der Waals surface area contributed by atoms with Gasteiger partial charge < -0.3 is 10.2 Å². The topological polar surface area (TPSA) is 31.4 Å². The summed E-state index contributed by atoms with van der Waals surface area (Å²) in [6.45, 7) is 7.71. The van der Waals surface area contributed by atoms with E-state index in [-0.39, 0.29) is 0 Å². The van der Waals surface area contributed by atoms with Crippen molar-refractivity contribution in [3.8, 4) is 0 Å². The normalized spacial score (nSPS) is 17.3. The SMILES string of the molecule is CN(CCN1CCNCC1)Cc1ccc(Cl)nc1. The Morgan fingerprint density at radius 3 is 2.83 bits per heavy atom. The molecule has 0 aromatic carbocycles. The first kappa shape index (κ1) is 13.7. The maximum absolute atomic E-state index is 5.77. The summed E-state index contributed by atoms with van der Waals surface area (Å²) in [4.78, 5) is 8.94. The maximum Gasteiger partial charge on any atom is 0.129 e. The summed E-state index contributed by atoms with van der Waals surface area (Å²) in [5.74, 6) is 0. The van der Waals surface area contributed by atoms with E-state index in [4.69, 9.17) is 11.6 Å². The molecular formula is C13H21ClN4. The van der Waals surface area contributed by atoms with Gasteiger partial charge in [0, 0.05) is 52.0 Å². The summed E-state index contributed by atoms with van der Waals surface area (Å²) < 4.78 is 0. The lowest BCUT2D eigenvalue weighted by Crippen LogP contribution is -2.45. The summed E-state index contributed by atoms with van der Waals surface area (Å²) in [5.41, 5.74) is 1.21. The molecule has 0 bridgehead atoms. The Hall–Kier alpha value is -0.680. The van der Waals surface area contributed by atoms with Crippen LogP contribution in [0.15, 0.2) is 18.3 Å². The van der Waals surface area contributed by atoms with Crippen molar-refractivity contribution in [2.45, 2.75) is 6.54 Å². The number of likely N-dealkylation sites (N-methyl/N-ethyl adjacent to an activating group) is 1. The number of aromatic nitrogens is 1. The van der Waals surface area contributed by atoms with Gasteiger partial charge >= 0.3 is 0 Å². The fraction of sp³-hybridized carbons (Fsp3) is 0.615. The molecule has 5 heteroatoms. The minimum atomic E-state index is 0.558. The molecule has 2 rings (SSSR count). The summed E-state index contributed by atoms with van der Waals surface area (Å²) in [5, 5.41) is 3.93. The molecule has 0 unspecified atom stereocenters. The number of rotatable bonds is 5. The van der Waals surface area contributed by atoms with Crippen LogP contribution in [0.4, 0.5) is 0 Å². The van der Waals surface area contributed by atoms with Gasteiger partial charge in [0.2, 0.25) is 0 Å². The van der Waals surface area contributed by atoms with Crippen molar-refractivity contribution >= 4 is 11.6 Å². The van der Waals surface area contributed by atoms with Gasteiger partial charge in [-0.25, -0.2) is 4.98 Å². The molecule has 1 fully saturated rings. The van der Waals surface area contributed by atoms with Gasteiger partial charge in [-0.1, -0.05) is 17.7 Å². The number of pyridine rings is 1. The Bertz CT molecular complexity index is 349. The van der Waals surface area contributed by atoms with Crippen molar-refractivity contribution in [1.82, 2.24) is 20.1 Å². The van der Waals surface area contributed by atoms with Crippen molar-refractivity contribution in [3.05, 3.63) is 29.0 Å². The van der Waals surface area contributed by atoms with E-state index in [1.807, 2.05) is 18.3 Å². The van der Waals surface area contributed by atoms with Gasteiger partial charge in [-0.15, -0.1) is 0 Å². The molecule has 1 aliphatic rings. The van der Waals surface area contributed by atoms with E-state index >= 15 is 0 Å². The van der Waals surface area contributed by atoms with Crippen LogP contribution in [0.5, 0.6) is 0 Å². The highest BCUT2D eigenvalue weighted by Crippen LogP contribution is 2.07. The highest BCUT2D eigenvalue weighted by molar-refractivity contribution is 6.29. The van der Waals surface area contributed by atoms with E-state index in [0.717, 1.165) is 45.8 Å². The number of nitrogens with one attached hydrogen (secondary N) is 1. The monoisotopic (exact) mass is 268 g/mol. The van der Waals surface area contributed by atoms with Gasteiger partial charge in [-0.05, 0) is 18.7 Å². The molecule has 18 heavy (non-hydrogen) atoms. The summed E-state index contributed by atoms with van der Waals surface area (Å²) >= 11 is 5.77. The highest BCUT2D eigenvalue weighted by atomic mass is 35.5. The third-order valence-electron chi connectivity index (χ3n) is 3.25. The Kier molecular flexibility index (Phi) is 5.38. The third-order valence-corrected chi connectivity index (χ3v) is 3.47. The first-order valence-electron chi connectivity index (χ1n) is 6.46. The average molecular weight is 269 g/mol. The van der Waals surface area contributed by atoms with Crippen molar-refractivity contribution < 1.29 is 0 Å². The van der Waals surface area contributed by atoms with Crippen LogP contribution >= 0.6 is 11.6 Å². The van der Waals surface area contributed by atoms with E-state index < -0.39 is 0 Å². The third kappa shape index (κ3) is 4.53. The lowest BCUT2D eigenvalue weighted by molar-refractivity contribution is 0.202. The molecule has 0 radical (unpaired) electrons. The van der Waals surface area contributed by atoms with Crippen LogP contribution in [0.25, 0.3) is 0 Å². The Labute approximate surface area is 114 Å². The zero-order valence-corrected chi connectivity index (χ0v) is 11.7. The number of hydrogen-bond acceptors (Lipinski definition) is 4. The first-order chi connectivity index (χ1) is 8.74. The zero-order valence-electron chi connectivity index (χ0n) is 10.9. The van der Waals surface area contributed by atoms with Gasteiger partial charge in [0.05, 0.1) is 0 Å². The number of hydrogen-bond donors (Lipinski definition) is 1. The van der Waals surface area contributed by atoms with Crippen LogP contribution in [0.1, 0.15) is 5.56 Å². The van der Waals surface area contributed by atoms with Gasteiger partial charge in [-0.3, -0.25) is 4.90 Å². The second kappa shape index (κ2) is 7.04. The summed E-state index contributed by atoms with van der Waals surface area (Å²) in [7, 11) is 2.15. The van der Waals surface area contributed by atoms with E-state index in [9.17, 15) is 0 Å². The molecule has 1 aliphatic heterocycles. The molecule has 2 heterocycles. The molecule has 100 valence electrons. The second-order valence-corrected chi connectivity index (χ2v) is 5.21. The van der Waals surface area contributed by atoms with Gasteiger partial charge in [0.15, 0.2) is 0 Å². The van der Waals surface area contributed by atoms with Gasteiger partial charge in [0.25, 0.3) is 0 Å². The van der Waals surface area contributed by atoms with Crippen LogP contribution in [-0.2, 0) is 6.54 Å². The lowest BCUT2D eigenvalue weighted by atomic mass is 10.2. The number of nitrogens with zero attached hydrogens (tertiary/aromatic N) is 3. The van der Waals surface area contributed by atoms with Crippen LogP contribution in [0, 0.1) is 0 Å². The predicted octanol–water partition coefficient (Wildman–Crippen LogP) is 1.07. The standard InChI is InChI=1S/C13H21ClN4/c1-17(8-9-18-6-4-15-5-7-18)11-12-2-3-13(14)16-10-12/h2-3,10,15H,4-9,11H2,1H3. The van der Waals surface area contributed by atoms with E-state index in [0.29, 0.717) is 5.15 Å². The zero-order chi connectivity index (χ0) is 12.8. The minimum Gasteiger partial charge on any atom is -0.314 e. The summed E-state index contributed by atoms with van der Waals surface area (Å²) in [6, 6.07) is 3.89. The molecule has 1 aromatic heterocycles. The number of piperazine rings is 1. The minimum absolute atomic E-state index is 0.558. The van der Waals surface area contributed by atoms with Crippen LogP contribution < -0.4 is 5.32 Å². The fourth-order valence-electron chi connectivity index (χ4n) is 2.14. The smallest absolute Gasteiger partial charge is 0.129 e. The molecule has 1 aromatic rings. The van der Waals surface area contributed by atoms with E-state index in [2.05, 4.69) is 27.1 Å². The number of halogens is 1. The van der Waals surface area contributed by atoms with Crippen LogP contribution in [-0.4, -0.2) is 61.1 Å². The Morgan fingerprint density at radius 1 is 1.39 bits per heavy atom. The second-order valence-electron chi connectivity index (χ2n) is 4.82. The quantitative estimate of drug-likeness (QED) is 0.810. The summed E-state index contributed by atoms with van der Waals surface area (Å²) in [6.07, 6.45) is 1.85. The predicted molar refractivity (Wildman–Crippen MR) is 74.9 cm³/mol. The Balaban J connectivity index is 1.71. The van der Waals surface area contributed by atoms with E-state index in [1.54, 1.807) is 0 Å². The van der Waals surface area contributed by atoms with Crippen molar-refractivity contribution in [3.63, 3.8) is 0 Å². The van der Waals surface area contributed by atoms with E-state index in [1.165, 1.54) is 5.56 Å². The van der Waals surface area contributed by atoms with Crippen molar-refractivity contribution in [1.29, 1.82) is 0 Å². The van der Waals surface area contributed by atoms with Gasteiger partial charge in [-0.2, -0.15) is 0 Å². The molecule has 0 saturated carbocycles. The fourth-order valence-corrected chi connectivity index (χ4v) is 2.25. The molecule has 1 N–H and O–H groups in total. The average Bonchev–Trinajstić information content (AvgIpc) is 2.40. The molecule has 0 spiro atoms. The van der Waals surface area contributed by atoms with Crippen LogP contribution in [0.3, 0.4) is 0 Å². The molecule has 0 atom stereocenters. The lowest BCUT2D eigenvalue weighted by Gasteiger charge is -2.29. The molecule has 0 aliphatic carbocycles. The molecule has 4 nitrogen and oxygen atoms in total. The van der Waals surface area contributed by atoms with Crippen molar-refractivity contribution in [2.24, 2.45) is 0 Å². The maximum atomic E-state index is 5.77. The molecule has 0 amide bonds. The van der Waals surface area contributed by atoms with Crippen molar-refractivity contribution in [2.75, 3.05) is 46.3 Å². The highest BCUT2D eigenvalue weighted by Gasteiger charge is 2.10. The molecular weight excluding hydrogens is 248 g/mol. The molecule has 1 saturated heterocycles. The van der Waals surface area contributed by atoms with Gasteiger partial charge in [0.1, 0.15) is 5.15 Å². The Morgan fingerprint density at radius 2 is 2.17 bits per heavy atom. The largest absolute Gasteiger partial charge is 0.314 e. The van der Waals surface area contributed by atoms with Crippen LogP contribution in [0.2, 0.25) is 5.15 Å². The first-order valence-corrected chi connectivity index (χ1v) is 6.84.